The van der Waals surface area contributed by atoms with Crippen LogP contribution in [0.15, 0.2) is 83.5 Å². The summed E-state index contributed by atoms with van der Waals surface area (Å²) < 4.78 is 6.65. The number of nitrogens with zero attached hydrogens (tertiary/aromatic N) is 3. The Hall–Kier alpha value is -3.45. The third-order valence-electron chi connectivity index (χ3n) is 3.86. The van der Waals surface area contributed by atoms with E-state index >= 15 is 0 Å². The molecule has 0 unspecified atom stereocenters. The largest absolute Gasteiger partial charge is 0.439 e. The fraction of sp³-hybridized carbons (Fsp3) is 0. The molecule has 0 atom stereocenters. The van der Waals surface area contributed by atoms with Crippen LogP contribution in [0.4, 0.5) is 17.5 Å². The van der Waals surface area contributed by atoms with Crippen LogP contribution < -0.4 is 15.8 Å². The Morgan fingerprint density at radius 3 is 2.43 bits per heavy atom. The molecule has 3 N–H and O–H groups in total. The highest BCUT2D eigenvalue weighted by Crippen LogP contribution is 2.26. The second-order valence-corrected chi connectivity index (χ2v) is 6.84. The fourth-order valence-electron chi connectivity index (χ4n) is 2.60. The molecule has 2 aromatic heterocycles. The second-order valence-electron chi connectivity index (χ2n) is 5.93. The number of ether oxygens (including phenoxy) is 1. The van der Waals surface area contributed by atoms with E-state index < -0.39 is 0 Å². The molecule has 0 aliphatic carbocycles. The lowest BCUT2D eigenvalue weighted by Crippen LogP contribution is -2.01. The zero-order valence-electron chi connectivity index (χ0n) is 14.7. The number of benzene rings is 2. The van der Waals surface area contributed by atoms with Crippen molar-refractivity contribution in [3.05, 3.63) is 83.5 Å². The Balaban J connectivity index is 1.51. The lowest BCUT2D eigenvalue weighted by molar-refractivity contribution is 0.462. The van der Waals surface area contributed by atoms with Gasteiger partial charge in [0.1, 0.15) is 11.6 Å². The molecule has 0 saturated carbocycles. The van der Waals surface area contributed by atoms with Crippen LogP contribution in [0.5, 0.6) is 11.6 Å². The van der Waals surface area contributed by atoms with E-state index in [9.17, 15) is 0 Å². The van der Waals surface area contributed by atoms with Gasteiger partial charge >= 0.3 is 0 Å². The number of nitrogens with two attached hydrogens (primary N) is 1. The van der Waals surface area contributed by atoms with Gasteiger partial charge in [-0.05, 0) is 30.3 Å². The highest BCUT2D eigenvalue weighted by Gasteiger charge is 2.06. The van der Waals surface area contributed by atoms with Gasteiger partial charge in [0.05, 0.1) is 5.69 Å². The number of halogens is 1. The van der Waals surface area contributed by atoms with Gasteiger partial charge in [-0.1, -0.05) is 46.3 Å². The van der Waals surface area contributed by atoms with E-state index in [0.29, 0.717) is 17.4 Å². The molecule has 6 nitrogen and oxygen atoms in total. The number of aromatic nitrogens is 3. The van der Waals surface area contributed by atoms with E-state index in [1.54, 1.807) is 12.3 Å². The Kier molecular flexibility index (Phi) is 5.16. The summed E-state index contributed by atoms with van der Waals surface area (Å²) in [5.74, 6) is 2.03. The summed E-state index contributed by atoms with van der Waals surface area (Å²) in [6, 6.07) is 22.9. The second kappa shape index (κ2) is 8.06. The molecule has 138 valence electrons. The third-order valence-corrected chi connectivity index (χ3v) is 4.35. The predicted molar refractivity (Wildman–Crippen MR) is 114 cm³/mol. The van der Waals surface area contributed by atoms with Crippen molar-refractivity contribution in [2.75, 3.05) is 11.1 Å². The molecule has 0 fully saturated rings. The average molecular weight is 434 g/mol. The molecule has 0 aliphatic heterocycles. The number of hydrogen-bond donors (Lipinski definition) is 2. The molecule has 7 heteroatoms. The monoisotopic (exact) mass is 433 g/mol. The van der Waals surface area contributed by atoms with Gasteiger partial charge in [-0.3, -0.25) is 0 Å². The molecule has 0 radical (unpaired) electrons. The van der Waals surface area contributed by atoms with E-state index in [1.807, 2.05) is 66.7 Å². The van der Waals surface area contributed by atoms with Crippen molar-refractivity contribution in [3.63, 3.8) is 0 Å². The minimum atomic E-state index is 0.213. The third kappa shape index (κ3) is 4.44. The van der Waals surface area contributed by atoms with Crippen molar-refractivity contribution in [1.82, 2.24) is 15.0 Å². The normalized spacial score (nSPS) is 10.5. The van der Waals surface area contributed by atoms with E-state index in [1.165, 1.54) is 0 Å². The van der Waals surface area contributed by atoms with Crippen LogP contribution in [0.1, 0.15) is 0 Å². The number of anilines is 3. The topological polar surface area (TPSA) is 86.0 Å². The van der Waals surface area contributed by atoms with Crippen LogP contribution in [0, 0.1) is 0 Å². The molecule has 2 heterocycles. The van der Waals surface area contributed by atoms with Crippen LogP contribution in [-0.4, -0.2) is 15.0 Å². The Bertz CT molecular complexity index is 1090. The van der Waals surface area contributed by atoms with Crippen molar-refractivity contribution in [2.45, 2.75) is 0 Å². The average Bonchev–Trinajstić information content (AvgIpc) is 2.70. The first kappa shape index (κ1) is 17.9. The summed E-state index contributed by atoms with van der Waals surface area (Å²) in [5.41, 5.74) is 8.47. The van der Waals surface area contributed by atoms with Gasteiger partial charge < -0.3 is 15.8 Å². The molecule has 0 aliphatic rings. The number of rotatable bonds is 5. The van der Waals surface area contributed by atoms with Crippen molar-refractivity contribution < 1.29 is 4.74 Å². The maximum absolute atomic E-state index is 5.88. The maximum atomic E-state index is 5.88. The Labute approximate surface area is 170 Å². The molecule has 0 saturated heterocycles. The van der Waals surface area contributed by atoms with Gasteiger partial charge in [0.25, 0.3) is 0 Å². The fourth-order valence-corrected chi connectivity index (χ4v) is 2.92. The van der Waals surface area contributed by atoms with E-state index in [4.69, 9.17) is 10.5 Å². The highest BCUT2D eigenvalue weighted by atomic mass is 79.9. The van der Waals surface area contributed by atoms with Gasteiger partial charge in [-0.15, -0.1) is 0 Å². The number of hydrogen-bond acceptors (Lipinski definition) is 6. The molecule has 2 aromatic carbocycles. The molecular weight excluding hydrogens is 418 g/mol. The number of pyridine rings is 1. The Morgan fingerprint density at radius 1 is 0.893 bits per heavy atom. The van der Waals surface area contributed by atoms with Crippen molar-refractivity contribution in [2.24, 2.45) is 0 Å². The SMILES string of the molecule is Nc1nc(Nc2ccc(Oc3cc(Br)ccn3)cc2)cc(-c2ccccc2)n1. The molecule has 28 heavy (non-hydrogen) atoms. The standard InChI is InChI=1S/C21H16BrN5O/c22-15-10-11-24-20(12-15)28-17-8-6-16(7-9-17)25-19-13-18(26-21(23)27-19)14-4-2-1-3-5-14/h1-13H,(H3,23,25,26,27). The van der Waals surface area contributed by atoms with Crippen LogP contribution >= 0.6 is 15.9 Å². The summed E-state index contributed by atoms with van der Waals surface area (Å²) in [6.07, 6.45) is 1.68. The van der Waals surface area contributed by atoms with E-state index in [-0.39, 0.29) is 5.95 Å². The number of nitrogen functional groups attached to an aromatic ring is 1. The number of nitrogens with one attached hydrogen (secondary N) is 1. The predicted octanol–water partition coefficient (Wildman–Crippen LogP) is 5.42. The zero-order valence-corrected chi connectivity index (χ0v) is 16.3. The van der Waals surface area contributed by atoms with E-state index in [0.717, 1.165) is 21.4 Å². The lowest BCUT2D eigenvalue weighted by atomic mass is 10.1. The first-order chi connectivity index (χ1) is 13.7. The summed E-state index contributed by atoms with van der Waals surface area (Å²) in [4.78, 5) is 12.7. The molecular formula is C21H16BrN5O. The van der Waals surface area contributed by atoms with Gasteiger partial charge in [-0.25, -0.2) is 9.97 Å². The maximum Gasteiger partial charge on any atom is 0.222 e. The first-order valence-corrected chi connectivity index (χ1v) is 9.31. The first-order valence-electron chi connectivity index (χ1n) is 8.52. The minimum Gasteiger partial charge on any atom is -0.439 e. The molecule has 0 amide bonds. The molecule has 4 rings (SSSR count). The van der Waals surface area contributed by atoms with Crippen molar-refractivity contribution in [3.8, 4) is 22.9 Å². The van der Waals surface area contributed by atoms with Crippen molar-refractivity contribution >= 4 is 33.4 Å². The van der Waals surface area contributed by atoms with Crippen LogP contribution in [0.25, 0.3) is 11.3 Å². The van der Waals surface area contributed by atoms with Gasteiger partial charge in [0.15, 0.2) is 0 Å². The van der Waals surface area contributed by atoms with Gasteiger partial charge in [0, 0.05) is 34.1 Å². The molecule has 4 aromatic rings. The Morgan fingerprint density at radius 2 is 1.68 bits per heavy atom. The quantitative estimate of drug-likeness (QED) is 0.436. The summed E-state index contributed by atoms with van der Waals surface area (Å²) in [5, 5.41) is 3.25. The zero-order chi connectivity index (χ0) is 19.3. The van der Waals surface area contributed by atoms with Crippen LogP contribution in [0.3, 0.4) is 0 Å². The summed E-state index contributed by atoms with van der Waals surface area (Å²) in [6.45, 7) is 0. The van der Waals surface area contributed by atoms with Gasteiger partial charge in [-0.2, -0.15) is 4.98 Å². The summed E-state index contributed by atoms with van der Waals surface area (Å²) in [7, 11) is 0. The summed E-state index contributed by atoms with van der Waals surface area (Å²) >= 11 is 3.40. The molecule has 0 spiro atoms. The van der Waals surface area contributed by atoms with Gasteiger partial charge in [0.2, 0.25) is 11.8 Å². The van der Waals surface area contributed by atoms with Crippen LogP contribution in [-0.2, 0) is 0 Å². The lowest BCUT2D eigenvalue weighted by Gasteiger charge is -2.10. The van der Waals surface area contributed by atoms with Crippen LogP contribution in [0.2, 0.25) is 0 Å². The van der Waals surface area contributed by atoms with Crippen molar-refractivity contribution in [1.29, 1.82) is 0 Å². The molecule has 0 bridgehead atoms. The smallest absolute Gasteiger partial charge is 0.222 e. The minimum absolute atomic E-state index is 0.213. The highest BCUT2D eigenvalue weighted by molar-refractivity contribution is 9.10. The van der Waals surface area contributed by atoms with E-state index in [2.05, 4.69) is 36.2 Å².